The number of rotatable bonds is 3. The molecule has 1 amide bonds. The van der Waals surface area contributed by atoms with Crippen molar-refractivity contribution in [3.05, 3.63) is 53.6 Å². The molecule has 1 N–H and O–H groups in total. The van der Waals surface area contributed by atoms with Crippen molar-refractivity contribution >= 4 is 11.6 Å². The van der Waals surface area contributed by atoms with E-state index < -0.39 is 17.5 Å². The van der Waals surface area contributed by atoms with Gasteiger partial charge >= 0.3 is 0 Å². The number of carbonyl (C=O) groups excluding carboxylic acids is 1. The van der Waals surface area contributed by atoms with Gasteiger partial charge in [0.25, 0.3) is 5.91 Å². The maximum Gasteiger partial charge on any atom is 0.274 e. The fourth-order valence-electron chi connectivity index (χ4n) is 1.50. The van der Waals surface area contributed by atoms with E-state index in [4.69, 9.17) is 0 Å². The van der Waals surface area contributed by atoms with Crippen LogP contribution in [0.15, 0.2) is 30.6 Å². The molecule has 0 unspecified atom stereocenters. The van der Waals surface area contributed by atoms with Gasteiger partial charge in [-0.2, -0.15) is 0 Å². The Labute approximate surface area is 108 Å². The molecule has 2 rings (SSSR count). The van der Waals surface area contributed by atoms with Crippen molar-refractivity contribution in [3.63, 3.8) is 0 Å². The summed E-state index contributed by atoms with van der Waals surface area (Å²) in [7, 11) is 0. The van der Waals surface area contributed by atoms with E-state index in [1.165, 1.54) is 24.5 Å². The normalized spacial score (nSPS) is 10.3. The molecule has 0 aliphatic heterocycles. The zero-order chi connectivity index (χ0) is 13.8. The lowest BCUT2D eigenvalue weighted by Crippen LogP contribution is -2.15. The van der Waals surface area contributed by atoms with E-state index in [1.54, 1.807) is 0 Å². The molecule has 0 atom stereocenters. The standard InChI is InChI=1S/C13H11F2N3O/c1-2-8-6-11(17-7-16-8)13(19)18-10-5-3-4-9(14)12(10)15/h3-7H,2H2,1H3,(H,18,19). The maximum absolute atomic E-state index is 13.4. The van der Waals surface area contributed by atoms with Crippen LogP contribution in [0.4, 0.5) is 14.5 Å². The Bertz CT molecular complexity index is 617. The second-order valence-electron chi connectivity index (χ2n) is 3.80. The number of aryl methyl sites for hydroxylation is 1. The van der Waals surface area contributed by atoms with Gasteiger partial charge in [-0.1, -0.05) is 13.0 Å². The molecule has 6 heteroatoms. The molecule has 0 bridgehead atoms. The topological polar surface area (TPSA) is 54.9 Å². The van der Waals surface area contributed by atoms with Crippen LogP contribution in [0.2, 0.25) is 0 Å². The molecule has 0 spiro atoms. The minimum absolute atomic E-state index is 0.107. The fourth-order valence-corrected chi connectivity index (χ4v) is 1.50. The van der Waals surface area contributed by atoms with Gasteiger partial charge in [-0.05, 0) is 24.6 Å². The van der Waals surface area contributed by atoms with Crippen molar-refractivity contribution < 1.29 is 13.6 Å². The molecule has 1 aromatic heterocycles. The van der Waals surface area contributed by atoms with Gasteiger partial charge in [-0.15, -0.1) is 0 Å². The molecule has 0 radical (unpaired) electrons. The van der Waals surface area contributed by atoms with Crippen LogP contribution in [0.25, 0.3) is 0 Å². The molecule has 0 aliphatic carbocycles. The van der Waals surface area contributed by atoms with Gasteiger partial charge < -0.3 is 5.32 Å². The highest BCUT2D eigenvalue weighted by molar-refractivity contribution is 6.02. The summed E-state index contributed by atoms with van der Waals surface area (Å²) in [6, 6.07) is 5.07. The van der Waals surface area contributed by atoms with E-state index in [2.05, 4.69) is 15.3 Å². The molecule has 0 saturated carbocycles. The third-order valence-electron chi connectivity index (χ3n) is 2.52. The fraction of sp³-hybridized carbons (Fsp3) is 0.154. The molecule has 0 fully saturated rings. The summed E-state index contributed by atoms with van der Waals surface area (Å²) in [4.78, 5) is 19.6. The highest BCUT2D eigenvalue weighted by Gasteiger charge is 2.13. The summed E-state index contributed by atoms with van der Waals surface area (Å²) in [6.45, 7) is 1.89. The Balaban J connectivity index is 2.23. The Morgan fingerprint density at radius 1 is 1.32 bits per heavy atom. The lowest BCUT2D eigenvalue weighted by molar-refractivity contribution is 0.102. The monoisotopic (exact) mass is 263 g/mol. The first-order valence-corrected chi connectivity index (χ1v) is 5.68. The van der Waals surface area contributed by atoms with Crippen LogP contribution in [-0.2, 0) is 6.42 Å². The number of amides is 1. The van der Waals surface area contributed by atoms with Gasteiger partial charge in [-0.3, -0.25) is 4.79 Å². The second kappa shape index (κ2) is 5.51. The van der Waals surface area contributed by atoms with Crippen LogP contribution in [0.3, 0.4) is 0 Å². The molecule has 0 saturated heterocycles. The summed E-state index contributed by atoms with van der Waals surface area (Å²) >= 11 is 0. The lowest BCUT2D eigenvalue weighted by atomic mass is 10.2. The van der Waals surface area contributed by atoms with Crippen molar-refractivity contribution in [1.29, 1.82) is 0 Å². The lowest BCUT2D eigenvalue weighted by Gasteiger charge is -2.06. The highest BCUT2D eigenvalue weighted by atomic mass is 19.2. The van der Waals surface area contributed by atoms with E-state index in [0.717, 1.165) is 6.07 Å². The largest absolute Gasteiger partial charge is 0.318 e. The average molecular weight is 263 g/mol. The Kier molecular flexibility index (Phi) is 3.79. The number of hydrogen-bond donors (Lipinski definition) is 1. The molecule has 1 aromatic carbocycles. The van der Waals surface area contributed by atoms with E-state index in [-0.39, 0.29) is 11.4 Å². The first-order valence-electron chi connectivity index (χ1n) is 5.68. The van der Waals surface area contributed by atoms with E-state index in [1.807, 2.05) is 6.92 Å². The van der Waals surface area contributed by atoms with Crippen LogP contribution in [0.1, 0.15) is 23.1 Å². The molecule has 0 aliphatic rings. The van der Waals surface area contributed by atoms with Gasteiger partial charge in [0, 0.05) is 5.69 Å². The number of nitrogens with zero attached hydrogens (tertiary/aromatic N) is 2. The van der Waals surface area contributed by atoms with Crippen LogP contribution >= 0.6 is 0 Å². The Morgan fingerprint density at radius 2 is 2.11 bits per heavy atom. The Hall–Kier alpha value is -2.37. The van der Waals surface area contributed by atoms with Crippen molar-refractivity contribution in [1.82, 2.24) is 9.97 Å². The van der Waals surface area contributed by atoms with Crippen molar-refractivity contribution in [3.8, 4) is 0 Å². The minimum atomic E-state index is -1.10. The molecular formula is C13H11F2N3O. The number of hydrogen-bond acceptors (Lipinski definition) is 3. The third kappa shape index (κ3) is 2.90. The second-order valence-corrected chi connectivity index (χ2v) is 3.80. The minimum Gasteiger partial charge on any atom is -0.318 e. The van der Waals surface area contributed by atoms with Gasteiger partial charge in [-0.25, -0.2) is 18.7 Å². The number of nitrogens with one attached hydrogen (secondary N) is 1. The molecule has 1 heterocycles. The van der Waals surface area contributed by atoms with Crippen LogP contribution in [0, 0.1) is 11.6 Å². The van der Waals surface area contributed by atoms with Gasteiger partial charge in [0.2, 0.25) is 0 Å². The number of aromatic nitrogens is 2. The molecular weight excluding hydrogens is 252 g/mol. The van der Waals surface area contributed by atoms with E-state index in [0.29, 0.717) is 12.1 Å². The maximum atomic E-state index is 13.4. The van der Waals surface area contributed by atoms with Crippen molar-refractivity contribution in [2.24, 2.45) is 0 Å². The number of benzene rings is 1. The number of halogens is 2. The molecule has 4 nitrogen and oxygen atoms in total. The summed E-state index contributed by atoms with van der Waals surface area (Å²) in [6.07, 6.45) is 1.91. The highest BCUT2D eigenvalue weighted by Crippen LogP contribution is 2.17. The first-order chi connectivity index (χ1) is 9.11. The quantitative estimate of drug-likeness (QED) is 0.926. The summed E-state index contributed by atoms with van der Waals surface area (Å²) < 4.78 is 26.4. The predicted octanol–water partition coefficient (Wildman–Crippen LogP) is 2.57. The Morgan fingerprint density at radius 3 is 2.84 bits per heavy atom. The average Bonchev–Trinajstić information content (AvgIpc) is 2.44. The predicted molar refractivity (Wildman–Crippen MR) is 65.7 cm³/mol. The van der Waals surface area contributed by atoms with Gasteiger partial charge in [0.15, 0.2) is 11.6 Å². The first kappa shape index (κ1) is 13.1. The summed E-state index contributed by atoms with van der Waals surface area (Å²) in [5, 5.41) is 2.27. The summed E-state index contributed by atoms with van der Waals surface area (Å²) in [5.41, 5.74) is 0.581. The zero-order valence-corrected chi connectivity index (χ0v) is 10.2. The van der Waals surface area contributed by atoms with E-state index >= 15 is 0 Å². The smallest absolute Gasteiger partial charge is 0.274 e. The van der Waals surface area contributed by atoms with Crippen LogP contribution < -0.4 is 5.32 Å². The van der Waals surface area contributed by atoms with E-state index in [9.17, 15) is 13.6 Å². The van der Waals surface area contributed by atoms with Crippen LogP contribution in [-0.4, -0.2) is 15.9 Å². The zero-order valence-electron chi connectivity index (χ0n) is 10.2. The molecule has 2 aromatic rings. The summed E-state index contributed by atoms with van der Waals surface area (Å²) in [5.74, 6) is -2.73. The third-order valence-corrected chi connectivity index (χ3v) is 2.52. The SMILES string of the molecule is CCc1cc(C(=O)Nc2cccc(F)c2F)ncn1. The molecule has 19 heavy (non-hydrogen) atoms. The van der Waals surface area contributed by atoms with Gasteiger partial charge in [0.1, 0.15) is 12.0 Å². The van der Waals surface area contributed by atoms with Gasteiger partial charge in [0.05, 0.1) is 5.69 Å². The van der Waals surface area contributed by atoms with Crippen molar-refractivity contribution in [2.45, 2.75) is 13.3 Å². The van der Waals surface area contributed by atoms with Crippen molar-refractivity contribution in [2.75, 3.05) is 5.32 Å². The molecule has 98 valence electrons. The number of anilines is 1. The van der Waals surface area contributed by atoms with Crippen LogP contribution in [0.5, 0.6) is 0 Å². The number of carbonyl (C=O) groups is 1.